The van der Waals surface area contributed by atoms with E-state index in [9.17, 15) is 16.8 Å². The van der Waals surface area contributed by atoms with Crippen LogP contribution in [0.3, 0.4) is 0 Å². The molecule has 29 heavy (non-hydrogen) atoms. The van der Waals surface area contributed by atoms with Gasteiger partial charge in [-0.15, -0.1) is 13.2 Å². The molecule has 0 saturated carbocycles. The Morgan fingerprint density at radius 3 is 1.28 bits per heavy atom. The van der Waals surface area contributed by atoms with Crippen LogP contribution in [0.25, 0.3) is 0 Å². The van der Waals surface area contributed by atoms with Crippen molar-refractivity contribution in [2.24, 2.45) is 0 Å². The Labute approximate surface area is 170 Å². The van der Waals surface area contributed by atoms with Crippen molar-refractivity contribution in [3.8, 4) is 0 Å². The Balaban J connectivity index is 2.04. The molecule has 0 aliphatic rings. The van der Waals surface area contributed by atoms with Gasteiger partial charge >= 0.3 is 0 Å². The van der Waals surface area contributed by atoms with Gasteiger partial charge in [-0.1, -0.05) is 36.4 Å². The van der Waals surface area contributed by atoms with Gasteiger partial charge in [0.2, 0.25) is 0 Å². The fraction of sp³-hybridized carbons (Fsp3) is 0.200. The zero-order chi connectivity index (χ0) is 21.7. The first kappa shape index (κ1) is 23.0. The Hall–Kier alpha value is -2.30. The van der Waals surface area contributed by atoms with Crippen molar-refractivity contribution in [1.82, 2.24) is 0 Å². The summed E-state index contributed by atoms with van der Waals surface area (Å²) < 4.78 is 68.5. The largest absolute Gasteiger partial charge is 0.366 e. The van der Waals surface area contributed by atoms with Gasteiger partial charge in [-0.3, -0.25) is 9.11 Å². The van der Waals surface area contributed by atoms with Crippen molar-refractivity contribution in [3.05, 3.63) is 85.0 Å². The molecule has 0 bridgehead atoms. The van der Waals surface area contributed by atoms with Gasteiger partial charge in [-0.25, -0.2) is 0 Å². The van der Waals surface area contributed by atoms with Gasteiger partial charge in [0.25, 0.3) is 20.2 Å². The minimum absolute atomic E-state index is 0.186. The molecule has 0 fully saturated rings. The summed E-state index contributed by atoms with van der Waals surface area (Å²) in [6.07, 6.45) is 3.34. The van der Waals surface area contributed by atoms with Gasteiger partial charge in [0.05, 0.1) is 22.0 Å². The van der Waals surface area contributed by atoms with E-state index in [0.717, 1.165) is 11.1 Å². The van der Waals surface area contributed by atoms with Crippen LogP contribution in [0.4, 0.5) is 0 Å². The molecule has 2 aromatic rings. The SMILES string of the molecule is C=CC(Cc1ccc(S(=O)(=O)O)cc1)OC(C=C)Cc1ccc(S(=O)(=O)O)cc1. The minimum atomic E-state index is -4.24. The summed E-state index contributed by atoms with van der Waals surface area (Å²) in [7, 11) is -8.48. The first-order chi connectivity index (χ1) is 13.5. The highest BCUT2D eigenvalue weighted by Crippen LogP contribution is 2.17. The summed E-state index contributed by atoms with van der Waals surface area (Å²) in [6, 6.07) is 11.6. The van der Waals surface area contributed by atoms with E-state index in [0.29, 0.717) is 12.8 Å². The molecule has 2 atom stereocenters. The summed E-state index contributed by atoms with van der Waals surface area (Å²) in [5.41, 5.74) is 1.59. The Morgan fingerprint density at radius 1 is 0.724 bits per heavy atom. The first-order valence-corrected chi connectivity index (χ1v) is 11.4. The molecule has 0 amide bonds. The Kier molecular flexibility index (Phi) is 7.50. The summed E-state index contributed by atoms with van der Waals surface area (Å²) in [4.78, 5) is -0.371. The van der Waals surface area contributed by atoms with Gasteiger partial charge in [0, 0.05) is 12.8 Å². The zero-order valence-corrected chi connectivity index (χ0v) is 17.1. The maximum Gasteiger partial charge on any atom is 0.294 e. The topological polar surface area (TPSA) is 118 Å². The second-order valence-corrected chi connectivity index (χ2v) is 9.17. The molecule has 9 heteroatoms. The third-order valence-electron chi connectivity index (χ3n) is 4.19. The van der Waals surface area contributed by atoms with E-state index in [1.54, 1.807) is 36.4 Å². The van der Waals surface area contributed by atoms with Crippen LogP contribution in [-0.4, -0.2) is 38.1 Å². The molecule has 7 nitrogen and oxygen atoms in total. The molecule has 0 spiro atoms. The van der Waals surface area contributed by atoms with E-state index in [1.165, 1.54) is 24.3 Å². The van der Waals surface area contributed by atoms with E-state index >= 15 is 0 Å². The monoisotopic (exact) mass is 438 g/mol. The molecule has 2 rings (SSSR count). The summed E-state index contributed by atoms with van der Waals surface area (Å²) in [6.45, 7) is 7.51. The number of hydrogen-bond acceptors (Lipinski definition) is 5. The van der Waals surface area contributed by atoms with Crippen molar-refractivity contribution in [2.75, 3.05) is 0 Å². The molecular formula is C20H22O7S2. The lowest BCUT2D eigenvalue weighted by Gasteiger charge is -2.21. The van der Waals surface area contributed by atoms with Gasteiger partial charge in [0.1, 0.15) is 0 Å². The molecular weight excluding hydrogens is 416 g/mol. The molecule has 0 radical (unpaired) electrons. The van der Waals surface area contributed by atoms with Crippen molar-refractivity contribution in [2.45, 2.75) is 34.8 Å². The maximum absolute atomic E-state index is 11.1. The highest BCUT2D eigenvalue weighted by atomic mass is 32.2. The van der Waals surface area contributed by atoms with Crippen LogP contribution in [0.5, 0.6) is 0 Å². The van der Waals surface area contributed by atoms with Gasteiger partial charge in [-0.05, 0) is 35.4 Å². The lowest BCUT2D eigenvalue weighted by atomic mass is 10.1. The van der Waals surface area contributed by atoms with Crippen LogP contribution in [0.2, 0.25) is 0 Å². The Morgan fingerprint density at radius 2 is 1.03 bits per heavy atom. The van der Waals surface area contributed by atoms with Crippen LogP contribution in [0, 0.1) is 0 Å². The van der Waals surface area contributed by atoms with Crippen LogP contribution >= 0.6 is 0 Å². The van der Waals surface area contributed by atoms with Crippen molar-refractivity contribution >= 4 is 20.2 Å². The second-order valence-electron chi connectivity index (χ2n) is 6.33. The van der Waals surface area contributed by atoms with Crippen molar-refractivity contribution in [3.63, 3.8) is 0 Å². The zero-order valence-electron chi connectivity index (χ0n) is 15.5. The van der Waals surface area contributed by atoms with Crippen LogP contribution in [-0.2, 0) is 37.8 Å². The maximum atomic E-state index is 11.1. The molecule has 0 aliphatic heterocycles. The standard InChI is InChI=1S/C20H22O7S2/c1-3-17(13-15-5-9-19(10-6-15)28(21,22)23)27-18(4-2)14-16-7-11-20(12-8-16)29(24,25)26/h3-12,17-18H,1-2,13-14H2,(H,21,22,23)(H,24,25,26). The lowest BCUT2D eigenvalue weighted by molar-refractivity contribution is 0.0424. The third kappa shape index (κ3) is 6.91. The molecule has 0 heterocycles. The number of benzene rings is 2. The molecule has 0 saturated heterocycles. The average molecular weight is 439 g/mol. The van der Waals surface area contributed by atoms with Crippen molar-refractivity contribution in [1.29, 1.82) is 0 Å². The fourth-order valence-corrected chi connectivity index (χ4v) is 3.62. The summed E-state index contributed by atoms with van der Waals surface area (Å²) in [5.74, 6) is 0. The highest BCUT2D eigenvalue weighted by molar-refractivity contribution is 7.86. The fourth-order valence-electron chi connectivity index (χ4n) is 2.66. The van der Waals surface area contributed by atoms with Crippen LogP contribution in [0.1, 0.15) is 11.1 Å². The quantitative estimate of drug-likeness (QED) is 0.432. The van der Waals surface area contributed by atoms with E-state index in [2.05, 4.69) is 13.2 Å². The molecule has 2 N–H and O–H groups in total. The molecule has 0 aliphatic carbocycles. The lowest BCUT2D eigenvalue weighted by Crippen LogP contribution is -2.22. The van der Waals surface area contributed by atoms with Crippen LogP contribution < -0.4 is 0 Å². The second kappa shape index (κ2) is 9.47. The van der Waals surface area contributed by atoms with Gasteiger partial charge in [0.15, 0.2) is 0 Å². The van der Waals surface area contributed by atoms with Gasteiger partial charge < -0.3 is 4.74 Å². The predicted octanol–water partition coefficient (Wildman–Crippen LogP) is 3.09. The van der Waals surface area contributed by atoms with Crippen LogP contribution in [0.15, 0.2) is 83.6 Å². The normalized spacial score (nSPS) is 14.1. The molecule has 156 valence electrons. The summed E-state index contributed by atoms with van der Waals surface area (Å²) in [5, 5.41) is 0. The van der Waals surface area contributed by atoms with E-state index in [1.807, 2.05) is 0 Å². The van der Waals surface area contributed by atoms with Gasteiger partial charge in [-0.2, -0.15) is 16.8 Å². The smallest absolute Gasteiger partial charge is 0.294 e. The van der Waals surface area contributed by atoms with E-state index < -0.39 is 20.2 Å². The average Bonchev–Trinajstić information content (AvgIpc) is 2.66. The highest BCUT2D eigenvalue weighted by Gasteiger charge is 2.15. The number of rotatable bonds is 10. The molecule has 2 unspecified atom stereocenters. The molecule has 0 aromatic heterocycles. The van der Waals surface area contributed by atoms with E-state index in [-0.39, 0.29) is 22.0 Å². The predicted molar refractivity (Wildman–Crippen MR) is 109 cm³/mol. The number of ether oxygens (including phenoxy) is 1. The van der Waals surface area contributed by atoms with Crippen molar-refractivity contribution < 1.29 is 30.7 Å². The first-order valence-electron chi connectivity index (χ1n) is 8.56. The Bertz CT molecular complexity index is 967. The number of hydrogen-bond donors (Lipinski definition) is 2. The third-order valence-corrected chi connectivity index (χ3v) is 5.93. The minimum Gasteiger partial charge on any atom is -0.366 e. The van der Waals surface area contributed by atoms with E-state index in [4.69, 9.17) is 13.8 Å². The summed E-state index contributed by atoms with van der Waals surface area (Å²) >= 11 is 0. The molecule has 2 aromatic carbocycles.